The lowest BCUT2D eigenvalue weighted by atomic mass is 10.1. The third kappa shape index (κ3) is 5.73. The van der Waals surface area contributed by atoms with Gasteiger partial charge in [-0.15, -0.1) is 24.8 Å². The first-order chi connectivity index (χ1) is 8.25. The van der Waals surface area contributed by atoms with E-state index in [0.29, 0.717) is 11.6 Å². The van der Waals surface area contributed by atoms with Gasteiger partial charge in [0.25, 0.3) is 0 Å². The Balaban J connectivity index is 0.00000162. The van der Waals surface area contributed by atoms with Crippen molar-refractivity contribution >= 4 is 36.4 Å². The van der Waals surface area contributed by atoms with Crippen LogP contribution in [0.1, 0.15) is 11.1 Å². The topological polar surface area (TPSA) is 9.23 Å². The quantitative estimate of drug-likeness (QED) is 0.772. The lowest BCUT2D eigenvalue weighted by Gasteiger charge is -2.07. The van der Waals surface area contributed by atoms with Gasteiger partial charge in [-0.3, -0.25) is 0 Å². The Hall–Kier alpha value is -0.890. The fourth-order valence-corrected chi connectivity index (χ4v) is 1.74. The summed E-state index contributed by atoms with van der Waals surface area (Å²) in [7, 11) is 0. The second-order valence-corrected chi connectivity index (χ2v) is 4.25. The van der Waals surface area contributed by atoms with E-state index in [9.17, 15) is 0 Å². The van der Waals surface area contributed by atoms with Gasteiger partial charge in [0.1, 0.15) is 5.75 Å². The zero-order valence-electron chi connectivity index (χ0n) is 10.3. The molecule has 103 valence electrons. The molecule has 2 aromatic carbocycles. The van der Waals surface area contributed by atoms with E-state index in [1.165, 1.54) is 5.56 Å². The second kappa shape index (κ2) is 9.08. The normalized spacial score (nSPS) is 9.16. The molecule has 0 unspecified atom stereocenters. The number of para-hydroxylation sites is 1. The molecule has 4 heteroatoms. The van der Waals surface area contributed by atoms with Crippen molar-refractivity contribution in [2.24, 2.45) is 0 Å². The molecule has 0 amide bonds. The minimum Gasteiger partial charge on any atom is -0.492 e. The first-order valence-corrected chi connectivity index (χ1v) is 5.92. The lowest BCUT2D eigenvalue weighted by molar-refractivity contribution is 0.322. The Kier molecular flexibility index (Phi) is 8.66. The van der Waals surface area contributed by atoms with Crippen LogP contribution < -0.4 is 4.74 Å². The summed E-state index contributed by atoms with van der Waals surface area (Å²) in [4.78, 5) is 0. The Labute approximate surface area is 131 Å². The van der Waals surface area contributed by atoms with Gasteiger partial charge in [0.15, 0.2) is 0 Å². The van der Waals surface area contributed by atoms with Crippen molar-refractivity contribution in [2.75, 3.05) is 6.61 Å². The summed E-state index contributed by atoms with van der Waals surface area (Å²) in [5.41, 5.74) is 2.27. The fraction of sp³-hybridized carbons (Fsp3) is 0.133. The van der Waals surface area contributed by atoms with E-state index in [-0.39, 0.29) is 24.8 Å². The van der Waals surface area contributed by atoms with Crippen LogP contribution in [-0.4, -0.2) is 6.61 Å². The standard InChI is InChI=1S/C15H14ClO.2ClH/c1-12-6-8-13(9-7-12)10-11-17-15-5-3-2-4-14(15)16;;/h2-9H,1,10-11H2;2*1H. The van der Waals surface area contributed by atoms with Crippen LogP contribution in [0.4, 0.5) is 0 Å². The Morgan fingerprint density at radius 1 is 0.947 bits per heavy atom. The van der Waals surface area contributed by atoms with Gasteiger partial charge in [-0.05, 0) is 30.2 Å². The number of hydrogen-bond acceptors (Lipinski definition) is 1. The van der Waals surface area contributed by atoms with Gasteiger partial charge in [-0.1, -0.05) is 48.0 Å². The van der Waals surface area contributed by atoms with Crippen molar-refractivity contribution < 1.29 is 4.74 Å². The minimum atomic E-state index is 0. The van der Waals surface area contributed by atoms with E-state index in [0.717, 1.165) is 17.7 Å². The molecule has 0 aliphatic rings. The molecule has 1 nitrogen and oxygen atoms in total. The highest BCUT2D eigenvalue weighted by molar-refractivity contribution is 6.32. The third-order valence-corrected chi connectivity index (χ3v) is 2.82. The van der Waals surface area contributed by atoms with Crippen LogP contribution in [0.25, 0.3) is 0 Å². The largest absolute Gasteiger partial charge is 0.492 e. The minimum absolute atomic E-state index is 0. The van der Waals surface area contributed by atoms with E-state index < -0.39 is 0 Å². The van der Waals surface area contributed by atoms with Gasteiger partial charge in [-0.2, -0.15) is 0 Å². The molecule has 1 radical (unpaired) electrons. The van der Waals surface area contributed by atoms with Crippen LogP contribution in [0.15, 0.2) is 48.5 Å². The fourth-order valence-electron chi connectivity index (χ4n) is 1.55. The summed E-state index contributed by atoms with van der Waals surface area (Å²) >= 11 is 5.99. The molecule has 0 aliphatic carbocycles. The first-order valence-electron chi connectivity index (χ1n) is 5.54. The van der Waals surface area contributed by atoms with Crippen molar-refractivity contribution in [3.8, 4) is 5.75 Å². The highest BCUT2D eigenvalue weighted by atomic mass is 35.5. The number of halogens is 3. The predicted molar refractivity (Wildman–Crippen MR) is 86.0 cm³/mol. The van der Waals surface area contributed by atoms with E-state index in [1.54, 1.807) is 0 Å². The molecule has 0 bridgehead atoms. The molecule has 0 aliphatic heterocycles. The zero-order valence-corrected chi connectivity index (χ0v) is 12.7. The van der Waals surface area contributed by atoms with Crippen molar-refractivity contribution in [3.63, 3.8) is 0 Å². The molecular formula is C15H16Cl3O. The van der Waals surface area contributed by atoms with Crippen LogP contribution in [0.5, 0.6) is 5.75 Å². The van der Waals surface area contributed by atoms with Crippen molar-refractivity contribution in [2.45, 2.75) is 6.42 Å². The van der Waals surface area contributed by atoms with E-state index in [4.69, 9.17) is 16.3 Å². The maximum Gasteiger partial charge on any atom is 0.137 e. The van der Waals surface area contributed by atoms with Crippen molar-refractivity contribution in [1.82, 2.24) is 0 Å². The van der Waals surface area contributed by atoms with E-state index in [2.05, 4.69) is 19.1 Å². The van der Waals surface area contributed by atoms with Crippen LogP contribution in [0.2, 0.25) is 5.02 Å². The summed E-state index contributed by atoms with van der Waals surface area (Å²) in [5.74, 6) is 0.739. The maximum atomic E-state index is 5.99. The summed E-state index contributed by atoms with van der Waals surface area (Å²) in [6, 6.07) is 15.7. The van der Waals surface area contributed by atoms with Crippen LogP contribution in [-0.2, 0) is 6.42 Å². The number of rotatable bonds is 4. The monoisotopic (exact) mass is 317 g/mol. The molecule has 0 saturated heterocycles. The lowest BCUT2D eigenvalue weighted by Crippen LogP contribution is -2.01. The van der Waals surface area contributed by atoms with Gasteiger partial charge in [0.05, 0.1) is 11.6 Å². The van der Waals surface area contributed by atoms with Gasteiger partial charge in [-0.25, -0.2) is 0 Å². The highest BCUT2D eigenvalue weighted by Gasteiger charge is 1.99. The molecular weight excluding hydrogens is 303 g/mol. The highest BCUT2D eigenvalue weighted by Crippen LogP contribution is 2.23. The molecule has 0 aromatic heterocycles. The number of hydrogen-bond donors (Lipinski definition) is 0. The Morgan fingerprint density at radius 2 is 1.58 bits per heavy atom. The van der Waals surface area contributed by atoms with Crippen molar-refractivity contribution in [1.29, 1.82) is 0 Å². The smallest absolute Gasteiger partial charge is 0.137 e. The Bertz CT molecular complexity index is 483. The molecule has 0 spiro atoms. The summed E-state index contributed by atoms with van der Waals surface area (Å²) in [5, 5.41) is 0.653. The van der Waals surface area contributed by atoms with Crippen LogP contribution in [0.3, 0.4) is 0 Å². The molecule has 2 rings (SSSR count). The maximum absolute atomic E-state index is 5.99. The molecule has 2 aromatic rings. The van der Waals surface area contributed by atoms with Gasteiger partial charge < -0.3 is 4.74 Å². The average Bonchev–Trinajstić information content (AvgIpc) is 2.34. The molecule has 0 N–H and O–H groups in total. The van der Waals surface area contributed by atoms with Gasteiger partial charge in [0, 0.05) is 6.42 Å². The van der Waals surface area contributed by atoms with E-state index >= 15 is 0 Å². The van der Waals surface area contributed by atoms with Gasteiger partial charge >= 0.3 is 0 Å². The van der Waals surface area contributed by atoms with Crippen molar-refractivity contribution in [3.05, 3.63) is 71.6 Å². The molecule has 0 heterocycles. The SMILES string of the molecule is Cl.Cl.[CH2]c1ccc(CCOc2ccccc2Cl)cc1. The van der Waals surface area contributed by atoms with E-state index in [1.807, 2.05) is 36.4 Å². The Morgan fingerprint density at radius 3 is 2.21 bits per heavy atom. The molecule has 0 fully saturated rings. The number of benzene rings is 2. The van der Waals surface area contributed by atoms with Crippen LogP contribution >= 0.6 is 36.4 Å². The molecule has 0 saturated carbocycles. The summed E-state index contributed by atoms with van der Waals surface area (Å²) in [6.45, 7) is 4.48. The number of ether oxygens (including phenoxy) is 1. The summed E-state index contributed by atoms with van der Waals surface area (Å²) in [6.07, 6.45) is 0.867. The molecule has 0 atom stereocenters. The third-order valence-electron chi connectivity index (χ3n) is 2.51. The average molecular weight is 319 g/mol. The predicted octanol–water partition coefficient (Wildman–Crippen LogP) is 4.99. The molecule has 19 heavy (non-hydrogen) atoms. The summed E-state index contributed by atoms with van der Waals surface area (Å²) < 4.78 is 5.62. The van der Waals surface area contributed by atoms with Gasteiger partial charge in [0.2, 0.25) is 0 Å². The first kappa shape index (κ1) is 18.1. The zero-order chi connectivity index (χ0) is 12.1. The van der Waals surface area contributed by atoms with Crippen LogP contribution in [0, 0.1) is 6.92 Å². The second-order valence-electron chi connectivity index (χ2n) is 3.85.